The number of aromatic nitrogens is 2. The summed E-state index contributed by atoms with van der Waals surface area (Å²) in [5.41, 5.74) is 2.27. The molecule has 2 aliphatic heterocycles. The Bertz CT molecular complexity index is 819. The smallest absolute Gasteiger partial charge is 0.226 e. The number of amides is 1. The summed E-state index contributed by atoms with van der Waals surface area (Å²) >= 11 is 0. The molecule has 4 rings (SSSR count). The van der Waals surface area contributed by atoms with Gasteiger partial charge in [-0.05, 0) is 25.2 Å². The highest BCUT2D eigenvalue weighted by molar-refractivity contribution is 5.96. The molecule has 1 amide bonds. The average molecular weight is 370 g/mol. The Labute approximate surface area is 157 Å². The van der Waals surface area contributed by atoms with E-state index >= 15 is 0 Å². The Balaban J connectivity index is 1.50. The van der Waals surface area contributed by atoms with Crippen LogP contribution in [-0.4, -0.2) is 60.5 Å². The summed E-state index contributed by atoms with van der Waals surface area (Å²) in [5.74, 6) is 0.281. The predicted octanol–water partition coefficient (Wildman–Crippen LogP) is 1.72. The molecule has 0 saturated carbocycles. The Kier molecular flexibility index (Phi) is 4.89. The fourth-order valence-electron chi connectivity index (χ4n) is 3.44. The van der Waals surface area contributed by atoms with Gasteiger partial charge in [0.15, 0.2) is 0 Å². The number of rotatable bonds is 3. The molecule has 0 radical (unpaired) electrons. The third-order valence-electron chi connectivity index (χ3n) is 5.03. The first-order valence-electron chi connectivity index (χ1n) is 9.17. The lowest BCUT2D eigenvalue weighted by Gasteiger charge is -2.32. The number of hydrogen-bond acceptors (Lipinski definition) is 6. The molecule has 1 N–H and O–H groups in total. The predicted molar refractivity (Wildman–Crippen MR) is 102 cm³/mol. The minimum Gasteiger partial charge on any atom is -0.365 e. The number of nitrogens with zero attached hydrogens (tertiary/aromatic N) is 5. The quantitative estimate of drug-likeness (QED) is 0.888. The lowest BCUT2D eigenvalue weighted by Crippen LogP contribution is -2.45. The maximum absolute atomic E-state index is 13.6. The van der Waals surface area contributed by atoms with E-state index in [-0.39, 0.29) is 11.7 Å². The molecule has 1 saturated heterocycles. The summed E-state index contributed by atoms with van der Waals surface area (Å²) in [6.07, 6.45) is 4.03. The van der Waals surface area contributed by atoms with Crippen molar-refractivity contribution in [3.8, 4) is 0 Å². The third kappa shape index (κ3) is 4.00. The first-order valence-corrected chi connectivity index (χ1v) is 9.17. The summed E-state index contributed by atoms with van der Waals surface area (Å²) in [7, 11) is 2.12. The van der Waals surface area contributed by atoms with Crippen LogP contribution < -0.4 is 15.1 Å². The number of hydrogen-bond donors (Lipinski definition) is 1. The molecular formula is C19H23FN6O. The number of likely N-dealkylation sites (N-methyl/N-ethyl adjacent to an activating group) is 1. The van der Waals surface area contributed by atoms with Crippen molar-refractivity contribution >= 4 is 23.2 Å². The number of benzene rings is 1. The van der Waals surface area contributed by atoms with Gasteiger partial charge in [0.25, 0.3) is 0 Å². The van der Waals surface area contributed by atoms with Gasteiger partial charge in [-0.25, -0.2) is 14.4 Å². The lowest BCUT2D eigenvalue weighted by molar-refractivity contribution is -0.115. The highest BCUT2D eigenvalue weighted by Crippen LogP contribution is 2.30. The van der Waals surface area contributed by atoms with Crippen LogP contribution in [0.25, 0.3) is 0 Å². The van der Waals surface area contributed by atoms with E-state index in [1.54, 1.807) is 6.07 Å². The van der Waals surface area contributed by atoms with E-state index in [4.69, 9.17) is 0 Å². The first kappa shape index (κ1) is 17.7. The highest BCUT2D eigenvalue weighted by atomic mass is 19.1. The van der Waals surface area contributed by atoms with E-state index in [2.05, 4.69) is 37.0 Å². The van der Waals surface area contributed by atoms with Gasteiger partial charge in [-0.1, -0.05) is 0 Å². The van der Waals surface area contributed by atoms with Crippen molar-refractivity contribution in [2.24, 2.45) is 0 Å². The molecule has 142 valence electrons. The molecule has 2 aromatic rings. The molecule has 0 aliphatic carbocycles. The van der Waals surface area contributed by atoms with Crippen molar-refractivity contribution in [2.75, 3.05) is 54.9 Å². The van der Waals surface area contributed by atoms with Gasteiger partial charge in [-0.15, -0.1) is 0 Å². The van der Waals surface area contributed by atoms with Gasteiger partial charge in [-0.2, -0.15) is 0 Å². The fraction of sp³-hybridized carbons (Fsp3) is 0.421. The number of halogens is 1. The monoisotopic (exact) mass is 370 g/mol. The van der Waals surface area contributed by atoms with Crippen LogP contribution in [0, 0.1) is 5.82 Å². The van der Waals surface area contributed by atoms with E-state index in [0.717, 1.165) is 43.4 Å². The molecule has 0 unspecified atom stereocenters. The second-order valence-electron chi connectivity index (χ2n) is 7.06. The van der Waals surface area contributed by atoms with Crippen LogP contribution in [0.3, 0.4) is 0 Å². The zero-order chi connectivity index (χ0) is 18.8. The van der Waals surface area contributed by atoms with E-state index in [9.17, 15) is 9.18 Å². The van der Waals surface area contributed by atoms with Crippen LogP contribution in [0.4, 0.5) is 21.7 Å². The molecule has 1 aromatic carbocycles. The van der Waals surface area contributed by atoms with Crippen molar-refractivity contribution in [3.05, 3.63) is 42.0 Å². The minimum absolute atomic E-state index is 0.106. The second kappa shape index (κ2) is 7.48. The third-order valence-corrected chi connectivity index (χ3v) is 5.03. The molecule has 27 heavy (non-hydrogen) atoms. The van der Waals surface area contributed by atoms with E-state index in [0.29, 0.717) is 25.2 Å². The Morgan fingerprint density at radius 1 is 1.11 bits per heavy atom. The normalized spacial score (nSPS) is 18.1. The van der Waals surface area contributed by atoms with Crippen LogP contribution in [0.15, 0.2) is 30.6 Å². The summed E-state index contributed by atoms with van der Waals surface area (Å²) < 4.78 is 13.6. The summed E-state index contributed by atoms with van der Waals surface area (Å²) in [4.78, 5) is 27.5. The fourth-order valence-corrected chi connectivity index (χ4v) is 3.44. The molecule has 0 spiro atoms. The van der Waals surface area contributed by atoms with Gasteiger partial charge in [0.2, 0.25) is 11.9 Å². The van der Waals surface area contributed by atoms with Gasteiger partial charge in [0.1, 0.15) is 5.82 Å². The molecule has 1 fully saturated rings. The van der Waals surface area contributed by atoms with Crippen LogP contribution in [0.1, 0.15) is 12.0 Å². The molecule has 8 heteroatoms. The van der Waals surface area contributed by atoms with E-state index in [1.165, 1.54) is 12.1 Å². The van der Waals surface area contributed by atoms with Crippen molar-refractivity contribution in [2.45, 2.75) is 13.0 Å². The molecule has 0 atom stereocenters. The zero-order valence-electron chi connectivity index (χ0n) is 15.4. The maximum Gasteiger partial charge on any atom is 0.226 e. The number of anilines is 3. The van der Waals surface area contributed by atoms with Crippen LogP contribution in [0.5, 0.6) is 0 Å². The van der Waals surface area contributed by atoms with Gasteiger partial charge >= 0.3 is 0 Å². The van der Waals surface area contributed by atoms with E-state index < -0.39 is 0 Å². The van der Waals surface area contributed by atoms with Gasteiger partial charge in [0, 0.05) is 63.6 Å². The van der Waals surface area contributed by atoms with Crippen molar-refractivity contribution in [1.82, 2.24) is 14.9 Å². The second-order valence-corrected chi connectivity index (χ2v) is 7.06. The first-order chi connectivity index (χ1) is 13.1. The van der Waals surface area contributed by atoms with Crippen molar-refractivity contribution in [3.63, 3.8) is 0 Å². The Morgan fingerprint density at radius 2 is 1.85 bits per heavy atom. The Morgan fingerprint density at radius 3 is 2.59 bits per heavy atom. The van der Waals surface area contributed by atoms with E-state index in [1.807, 2.05) is 12.4 Å². The van der Waals surface area contributed by atoms with Gasteiger partial charge in [0.05, 0.1) is 11.4 Å². The standard InChI is InChI=1S/C19H23FN6O/c1-24-6-8-25(9-7-24)19-21-11-14(12-22-19)13-26-5-4-18(27)23-16-10-15(20)2-3-17(16)26/h2-3,10-12H,4-9,13H2,1H3,(H,23,27). The number of carbonyl (C=O) groups is 1. The molecule has 2 aliphatic rings. The number of nitrogens with one attached hydrogen (secondary N) is 1. The number of piperazine rings is 1. The van der Waals surface area contributed by atoms with Crippen LogP contribution in [0.2, 0.25) is 0 Å². The summed E-state index contributed by atoms with van der Waals surface area (Å²) in [5, 5.41) is 2.77. The minimum atomic E-state index is -0.365. The molecular weight excluding hydrogens is 347 g/mol. The lowest BCUT2D eigenvalue weighted by atomic mass is 10.2. The molecule has 7 nitrogen and oxygen atoms in total. The summed E-state index contributed by atoms with van der Waals surface area (Å²) in [6, 6.07) is 4.48. The van der Waals surface area contributed by atoms with Gasteiger partial charge in [-0.3, -0.25) is 4.79 Å². The van der Waals surface area contributed by atoms with Crippen LogP contribution >= 0.6 is 0 Å². The largest absolute Gasteiger partial charge is 0.365 e. The number of carbonyl (C=O) groups excluding carboxylic acids is 1. The molecule has 1 aromatic heterocycles. The number of fused-ring (bicyclic) bond motifs is 1. The molecule has 0 bridgehead atoms. The topological polar surface area (TPSA) is 64.6 Å². The average Bonchev–Trinajstić information content (AvgIpc) is 2.81. The van der Waals surface area contributed by atoms with Crippen molar-refractivity contribution < 1.29 is 9.18 Å². The Hall–Kier alpha value is -2.74. The van der Waals surface area contributed by atoms with Crippen molar-refractivity contribution in [1.29, 1.82) is 0 Å². The zero-order valence-corrected chi connectivity index (χ0v) is 15.4. The molecule has 3 heterocycles. The highest BCUT2D eigenvalue weighted by Gasteiger charge is 2.21. The maximum atomic E-state index is 13.6. The SMILES string of the molecule is CN1CCN(c2ncc(CN3CCC(=O)Nc4cc(F)ccc43)cn2)CC1. The summed E-state index contributed by atoms with van der Waals surface area (Å²) in [6.45, 7) is 4.99. The van der Waals surface area contributed by atoms with Gasteiger partial charge < -0.3 is 20.0 Å². The van der Waals surface area contributed by atoms with Crippen LogP contribution in [-0.2, 0) is 11.3 Å².